The fraction of sp³-hybridized carbons (Fsp3) is 1.00. The van der Waals surface area contributed by atoms with Crippen molar-refractivity contribution < 1.29 is 0 Å². The molecule has 96 valence electrons. The number of nitrogens with one attached hydrogen (secondary N) is 1. The van der Waals surface area contributed by atoms with Gasteiger partial charge in [0, 0.05) is 23.9 Å². The molecule has 0 aromatic heterocycles. The Hall–Kier alpha value is 0.270. The van der Waals surface area contributed by atoms with Crippen LogP contribution in [0.15, 0.2) is 0 Å². The van der Waals surface area contributed by atoms with E-state index >= 15 is 0 Å². The van der Waals surface area contributed by atoms with E-state index < -0.39 is 0 Å². The summed E-state index contributed by atoms with van der Waals surface area (Å²) in [5.41, 5.74) is 0.346. The largest absolute Gasteiger partial charge is 0.310 e. The minimum atomic E-state index is 0.346. The lowest BCUT2D eigenvalue weighted by atomic mass is 9.90. The van der Waals surface area contributed by atoms with Gasteiger partial charge < -0.3 is 10.2 Å². The number of hydrogen-bond donors (Lipinski definition) is 1. The maximum Gasteiger partial charge on any atom is 0.0280 e. The van der Waals surface area contributed by atoms with Crippen molar-refractivity contribution in [3.05, 3.63) is 0 Å². The van der Waals surface area contributed by atoms with Crippen LogP contribution in [-0.4, -0.2) is 48.6 Å². The maximum absolute atomic E-state index is 3.70. The lowest BCUT2D eigenvalue weighted by Crippen LogP contribution is -2.54. The van der Waals surface area contributed by atoms with Crippen LogP contribution < -0.4 is 5.32 Å². The molecular formula is C13H28N2S. The molecule has 16 heavy (non-hydrogen) atoms. The van der Waals surface area contributed by atoms with Crippen LogP contribution in [0.5, 0.6) is 0 Å². The molecule has 1 aliphatic heterocycles. The highest BCUT2D eigenvalue weighted by molar-refractivity contribution is 7.98. The van der Waals surface area contributed by atoms with Crippen LogP contribution in [0.4, 0.5) is 0 Å². The Balaban J connectivity index is 2.43. The normalized spacial score (nSPS) is 28.3. The molecule has 1 heterocycles. The number of nitrogens with zero attached hydrogens (tertiary/aromatic N) is 1. The lowest BCUT2D eigenvalue weighted by Gasteiger charge is -2.40. The number of rotatable bonds is 6. The fourth-order valence-corrected chi connectivity index (χ4v) is 3.56. The van der Waals surface area contributed by atoms with Gasteiger partial charge in [-0.25, -0.2) is 0 Å². The molecule has 0 saturated carbocycles. The number of thioether (sulfide) groups is 1. The second kappa shape index (κ2) is 6.87. The summed E-state index contributed by atoms with van der Waals surface area (Å²) in [5, 5.41) is 3.70. The minimum Gasteiger partial charge on any atom is -0.310 e. The molecule has 1 aliphatic rings. The van der Waals surface area contributed by atoms with Gasteiger partial charge in [0.1, 0.15) is 0 Å². The smallest absolute Gasteiger partial charge is 0.0280 e. The highest BCUT2D eigenvalue weighted by Gasteiger charge is 2.29. The molecule has 1 rings (SSSR count). The molecule has 0 amide bonds. The highest BCUT2D eigenvalue weighted by Crippen LogP contribution is 2.21. The minimum absolute atomic E-state index is 0.346. The van der Waals surface area contributed by atoms with Crippen molar-refractivity contribution in [2.45, 2.75) is 51.1 Å². The molecule has 0 radical (unpaired) electrons. The van der Waals surface area contributed by atoms with E-state index in [2.05, 4.69) is 37.4 Å². The molecule has 2 nitrogen and oxygen atoms in total. The summed E-state index contributed by atoms with van der Waals surface area (Å²) in [4.78, 5) is 2.55. The Morgan fingerprint density at radius 1 is 1.44 bits per heavy atom. The molecule has 0 aliphatic carbocycles. The van der Waals surface area contributed by atoms with E-state index in [1.54, 1.807) is 0 Å². The zero-order valence-corrected chi connectivity index (χ0v) is 12.2. The van der Waals surface area contributed by atoms with Crippen LogP contribution in [0.3, 0.4) is 0 Å². The van der Waals surface area contributed by atoms with Gasteiger partial charge in [0.15, 0.2) is 0 Å². The van der Waals surface area contributed by atoms with Gasteiger partial charge in [-0.3, -0.25) is 0 Å². The fourth-order valence-electron chi connectivity index (χ4n) is 2.68. The van der Waals surface area contributed by atoms with E-state index in [-0.39, 0.29) is 0 Å². The zero-order valence-electron chi connectivity index (χ0n) is 11.4. The lowest BCUT2D eigenvalue weighted by molar-refractivity contribution is 0.156. The molecule has 1 saturated heterocycles. The number of hydrogen-bond acceptors (Lipinski definition) is 3. The van der Waals surface area contributed by atoms with Crippen molar-refractivity contribution in [2.24, 2.45) is 0 Å². The van der Waals surface area contributed by atoms with Crippen molar-refractivity contribution in [3.63, 3.8) is 0 Å². The third kappa shape index (κ3) is 4.27. The Bertz CT molecular complexity index is 190. The predicted octanol–water partition coefficient (Wildman–Crippen LogP) is 2.59. The second-order valence-corrected chi connectivity index (χ2v) is 6.29. The first-order valence-electron chi connectivity index (χ1n) is 6.55. The summed E-state index contributed by atoms with van der Waals surface area (Å²) >= 11 is 1.96. The van der Waals surface area contributed by atoms with Crippen molar-refractivity contribution >= 4 is 11.8 Å². The Labute approximate surface area is 106 Å². The second-order valence-electron chi connectivity index (χ2n) is 5.38. The Morgan fingerprint density at radius 3 is 2.69 bits per heavy atom. The zero-order chi connectivity index (χ0) is 12.0. The summed E-state index contributed by atoms with van der Waals surface area (Å²) < 4.78 is 0. The van der Waals surface area contributed by atoms with Gasteiger partial charge in [0.25, 0.3) is 0 Å². The number of piperidine rings is 1. The van der Waals surface area contributed by atoms with Crippen molar-refractivity contribution in [1.29, 1.82) is 0 Å². The molecular weight excluding hydrogens is 216 g/mol. The summed E-state index contributed by atoms with van der Waals surface area (Å²) in [6.45, 7) is 7.07. The molecule has 0 aromatic carbocycles. The summed E-state index contributed by atoms with van der Waals surface area (Å²) in [7, 11) is 2.28. The van der Waals surface area contributed by atoms with Crippen LogP contribution in [0.25, 0.3) is 0 Å². The third-order valence-electron chi connectivity index (χ3n) is 3.76. The number of likely N-dealkylation sites (N-methyl/N-ethyl adjacent to an activating group) is 1. The standard InChI is InChI=1S/C13H28N2S/c1-5-12(10-16-4)15(3)11-13(2)8-6-7-9-14-13/h12,14H,5-11H2,1-4H3. The Morgan fingerprint density at radius 2 is 2.19 bits per heavy atom. The van der Waals surface area contributed by atoms with Crippen molar-refractivity contribution in [3.8, 4) is 0 Å². The molecule has 2 unspecified atom stereocenters. The maximum atomic E-state index is 3.70. The van der Waals surface area contributed by atoms with Gasteiger partial charge in [0.2, 0.25) is 0 Å². The predicted molar refractivity (Wildman–Crippen MR) is 75.3 cm³/mol. The molecule has 0 bridgehead atoms. The van der Waals surface area contributed by atoms with Crippen LogP contribution in [0.2, 0.25) is 0 Å². The SMILES string of the molecule is CCC(CSC)N(C)CC1(C)CCCCN1. The molecule has 3 heteroatoms. The summed E-state index contributed by atoms with van der Waals surface area (Å²) in [6.07, 6.45) is 7.52. The average molecular weight is 244 g/mol. The van der Waals surface area contributed by atoms with Gasteiger partial charge >= 0.3 is 0 Å². The van der Waals surface area contributed by atoms with E-state index in [9.17, 15) is 0 Å². The van der Waals surface area contributed by atoms with Crippen molar-refractivity contribution in [1.82, 2.24) is 10.2 Å². The topological polar surface area (TPSA) is 15.3 Å². The van der Waals surface area contributed by atoms with Crippen LogP contribution >= 0.6 is 11.8 Å². The van der Waals surface area contributed by atoms with E-state index in [1.165, 1.54) is 44.5 Å². The van der Waals surface area contributed by atoms with Gasteiger partial charge in [0.05, 0.1) is 0 Å². The molecule has 2 atom stereocenters. The first-order chi connectivity index (χ1) is 7.61. The van der Waals surface area contributed by atoms with E-state index in [4.69, 9.17) is 0 Å². The average Bonchev–Trinajstić information content (AvgIpc) is 2.26. The summed E-state index contributed by atoms with van der Waals surface area (Å²) in [5.74, 6) is 1.25. The summed E-state index contributed by atoms with van der Waals surface area (Å²) in [6, 6.07) is 0.732. The van der Waals surface area contributed by atoms with Crippen molar-refractivity contribution in [2.75, 3.05) is 32.1 Å². The van der Waals surface area contributed by atoms with Gasteiger partial charge in [-0.15, -0.1) is 0 Å². The molecule has 1 fully saturated rings. The van der Waals surface area contributed by atoms with Gasteiger partial charge in [-0.1, -0.05) is 13.3 Å². The molecule has 1 N–H and O–H groups in total. The highest BCUT2D eigenvalue weighted by atomic mass is 32.2. The first kappa shape index (κ1) is 14.3. The Kier molecular flexibility index (Phi) is 6.16. The molecule has 0 aromatic rings. The van der Waals surface area contributed by atoms with E-state index in [1.807, 2.05) is 11.8 Å². The van der Waals surface area contributed by atoms with Crippen LogP contribution in [-0.2, 0) is 0 Å². The monoisotopic (exact) mass is 244 g/mol. The van der Waals surface area contributed by atoms with E-state index in [0.29, 0.717) is 5.54 Å². The first-order valence-corrected chi connectivity index (χ1v) is 7.95. The van der Waals surface area contributed by atoms with Crippen LogP contribution in [0.1, 0.15) is 39.5 Å². The van der Waals surface area contributed by atoms with Gasteiger partial charge in [-0.05, 0) is 46.0 Å². The third-order valence-corrected chi connectivity index (χ3v) is 4.48. The quantitative estimate of drug-likeness (QED) is 0.773. The molecule has 0 spiro atoms. The van der Waals surface area contributed by atoms with Gasteiger partial charge in [-0.2, -0.15) is 11.8 Å². The van der Waals surface area contributed by atoms with Crippen LogP contribution in [0, 0.1) is 0 Å². The van der Waals surface area contributed by atoms with E-state index in [0.717, 1.165) is 6.04 Å².